The number of nitrogens with one attached hydrogen (secondary N) is 1. The molecule has 0 aromatic rings. The van der Waals surface area contributed by atoms with Crippen molar-refractivity contribution in [3.05, 3.63) is 36.5 Å². The van der Waals surface area contributed by atoms with Crippen LogP contribution in [0.1, 0.15) is 373 Å². The van der Waals surface area contributed by atoms with Crippen molar-refractivity contribution in [1.82, 2.24) is 5.32 Å². The number of unbranched alkanes of at least 4 members (excludes halogenated alkanes) is 49. The lowest BCUT2D eigenvalue weighted by atomic mass is 10.0. The quantitative estimate of drug-likeness (QED) is 0.0320. The van der Waals surface area contributed by atoms with E-state index in [2.05, 4.69) is 43.5 Å². The molecule has 2 atom stereocenters. The highest BCUT2D eigenvalue weighted by molar-refractivity contribution is 5.76. The highest BCUT2D eigenvalue weighted by Gasteiger charge is 2.18. The van der Waals surface area contributed by atoms with Crippen molar-refractivity contribution < 1.29 is 24.5 Å². The second-order valence-electron chi connectivity index (χ2n) is 23.5. The number of rotatable bonds is 64. The summed E-state index contributed by atoms with van der Waals surface area (Å²) in [5, 5.41) is 23.2. The molecule has 0 saturated heterocycles. The van der Waals surface area contributed by atoms with Gasteiger partial charge in [-0.1, -0.05) is 314 Å². The molecule has 3 N–H and O–H groups in total. The average Bonchev–Trinajstić information content (AvgIpc) is 3.42. The van der Waals surface area contributed by atoms with Crippen LogP contribution in [0.2, 0.25) is 0 Å². The Balaban J connectivity index is 3.45. The molecule has 76 heavy (non-hydrogen) atoms. The molecular formula is C70H133NO5. The molecule has 0 radical (unpaired) electrons. The molecule has 448 valence electrons. The van der Waals surface area contributed by atoms with Crippen molar-refractivity contribution in [3.8, 4) is 0 Å². The minimum Gasteiger partial charge on any atom is -0.466 e. The minimum absolute atomic E-state index is 0.00476. The van der Waals surface area contributed by atoms with Gasteiger partial charge in [0.2, 0.25) is 5.91 Å². The molecule has 0 aliphatic rings. The van der Waals surface area contributed by atoms with Crippen LogP contribution in [0.25, 0.3) is 0 Å². The molecule has 0 aliphatic carbocycles. The van der Waals surface area contributed by atoms with Gasteiger partial charge in [0.1, 0.15) is 0 Å². The third kappa shape index (κ3) is 61.3. The maximum atomic E-state index is 12.5. The minimum atomic E-state index is -0.851. The monoisotopic (exact) mass is 1070 g/mol. The summed E-state index contributed by atoms with van der Waals surface area (Å²) in [4.78, 5) is 24.6. The largest absolute Gasteiger partial charge is 0.466 e. The Labute approximate surface area is 474 Å². The van der Waals surface area contributed by atoms with E-state index in [4.69, 9.17) is 4.74 Å². The predicted molar refractivity (Wildman–Crippen MR) is 333 cm³/mol. The van der Waals surface area contributed by atoms with Crippen LogP contribution in [0, 0.1) is 0 Å². The Bertz CT molecular complexity index is 1230. The smallest absolute Gasteiger partial charge is 0.305 e. The number of hydrogen-bond acceptors (Lipinski definition) is 5. The number of carbonyl (C=O) groups is 2. The summed E-state index contributed by atoms with van der Waals surface area (Å²) in [7, 11) is 0. The Morgan fingerprint density at radius 3 is 0.934 bits per heavy atom. The van der Waals surface area contributed by atoms with E-state index in [-0.39, 0.29) is 18.5 Å². The fraction of sp³-hybridized carbons (Fsp3) is 0.886. The number of aliphatic hydroxyl groups is 2. The third-order valence-electron chi connectivity index (χ3n) is 15.9. The molecular weight excluding hydrogens is 935 g/mol. The number of allylic oxidation sites excluding steroid dienone is 5. The summed E-state index contributed by atoms with van der Waals surface area (Å²) in [5.41, 5.74) is 0. The first-order chi connectivity index (χ1) is 37.5. The SMILES string of the molecule is CCCCCCCC/C=C\CCCCCCCCCC(=O)OCCCCCCCCCCCC/C=C\CCCCCCCCCC(=O)NC(CO)C(O)/C=C/CCCCCCCCCCCCCCCCCCCCC. The van der Waals surface area contributed by atoms with Crippen LogP contribution in [-0.4, -0.2) is 47.4 Å². The van der Waals surface area contributed by atoms with Gasteiger partial charge in [0, 0.05) is 12.8 Å². The molecule has 0 aromatic heterocycles. The molecule has 0 fully saturated rings. The maximum Gasteiger partial charge on any atom is 0.305 e. The Hall–Kier alpha value is -1.92. The number of hydrogen-bond donors (Lipinski definition) is 3. The van der Waals surface area contributed by atoms with Gasteiger partial charge in [-0.05, 0) is 83.5 Å². The van der Waals surface area contributed by atoms with Crippen molar-refractivity contribution >= 4 is 11.9 Å². The molecule has 0 spiro atoms. The second-order valence-corrected chi connectivity index (χ2v) is 23.5. The lowest BCUT2D eigenvalue weighted by Gasteiger charge is -2.20. The second kappa shape index (κ2) is 65.6. The number of aliphatic hydroxyl groups excluding tert-OH is 2. The van der Waals surface area contributed by atoms with Crippen LogP contribution in [-0.2, 0) is 14.3 Å². The molecule has 0 bridgehead atoms. The average molecular weight is 1070 g/mol. The predicted octanol–water partition coefficient (Wildman–Crippen LogP) is 21.9. The molecule has 0 rings (SSSR count). The molecule has 1 amide bonds. The maximum absolute atomic E-state index is 12.5. The Kier molecular flexibility index (Phi) is 63.9. The van der Waals surface area contributed by atoms with Gasteiger partial charge in [0.25, 0.3) is 0 Å². The van der Waals surface area contributed by atoms with E-state index < -0.39 is 12.1 Å². The summed E-state index contributed by atoms with van der Waals surface area (Å²) in [6, 6.07) is -0.635. The number of ether oxygens (including phenoxy) is 1. The molecule has 6 nitrogen and oxygen atoms in total. The molecule has 0 aromatic carbocycles. The van der Waals surface area contributed by atoms with Crippen LogP contribution < -0.4 is 5.32 Å². The van der Waals surface area contributed by atoms with Crippen LogP contribution in [0.15, 0.2) is 36.5 Å². The first-order valence-corrected chi connectivity index (χ1v) is 34.3. The summed E-state index contributed by atoms with van der Waals surface area (Å²) in [6.07, 6.45) is 83.5. The summed E-state index contributed by atoms with van der Waals surface area (Å²) in [6.45, 7) is 4.92. The van der Waals surface area contributed by atoms with Gasteiger partial charge >= 0.3 is 5.97 Å². The Morgan fingerprint density at radius 1 is 0.355 bits per heavy atom. The van der Waals surface area contributed by atoms with Gasteiger partial charge < -0.3 is 20.3 Å². The molecule has 0 saturated carbocycles. The molecule has 2 unspecified atom stereocenters. The van der Waals surface area contributed by atoms with E-state index in [1.54, 1.807) is 6.08 Å². The number of amides is 1. The van der Waals surface area contributed by atoms with Crippen LogP contribution >= 0.6 is 0 Å². The van der Waals surface area contributed by atoms with E-state index in [0.29, 0.717) is 19.4 Å². The first-order valence-electron chi connectivity index (χ1n) is 34.3. The van der Waals surface area contributed by atoms with Crippen molar-refractivity contribution in [1.29, 1.82) is 0 Å². The van der Waals surface area contributed by atoms with Gasteiger partial charge in [0.15, 0.2) is 0 Å². The molecule has 0 aliphatic heterocycles. The highest BCUT2D eigenvalue weighted by atomic mass is 16.5. The topological polar surface area (TPSA) is 95.9 Å². The zero-order chi connectivity index (χ0) is 55.0. The highest BCUT2D eigenvalue weighted by Crippen LogP contribution is 2.18. The van der Waals surface area contributed by atoms with E-state index in [9.17, 15) is 19.8 Å². The Morgan fingerprint density at radius 2 is 0.618 bits per heavy atom. The van der Waals surface area contributed by atoms with E-state index in [0.717, 1.165) is 51.4 Å². The van der Waals surface area contributed by atoms with E-state index in [1.165, 1.54) is 295 Å². The van der Waals surface area contributed by atoms with Gasteiger partial charge in [-0.3, -0.25) is 9.59 Å². The van der Waals surface area contributed by atoms with Crippen LogP contribution in [0.5, 0.6) is 0 Å². The van der Waals surface area contributed by atoms with Crippen LogP contribution in [0.3, 0.4) is 0 Å². The fourth-order valence-corrected chi connectivity index (χ4v) is 10.6. The standard InChI is InChI=1S/C70H133NO5/c1-3-5-7-9-11-13-15-17-19-21-22-24-27-31-34-38-42-46-50-54-58-62-68(73)67(66-72)71-69(74)63-59-55-51-47-43-39-35-32-28-25-23-26-29-33-37-41-45-49-53-57-61-65-76-70(75)64-60-56-52-48-44-40-36-30-20-18-16-14-12-10-8-6-4-2/h18,20,25,28,58,62,67-68,72-73H,3-17,19,21-24,26-27,29-57,59-61,63-66H2,1-2H3,(H,71,74)/b20-18-,28-25-,62-58+. The van der Waals surface area contributed by atoms with Crippen molar-refractivity contribution in [2.45, 2.75) is 386 Å². The van der Waals surface area contributed by atoms with E-state index in [1.807, 2.05) is 6.08 Å². The lowest BCUT2D eigenvalue weighted by Crippen LogP contribution is -2.45. The van der Waals surface area contributed by atoms with E-state index >= 15 is 0 Å². The molecule has 6 heteroatoms. The van der Waals surface area contributed by atoms with Crippen molar-refractivity contribution in [2.24, 2.45) is 0 Å². The van der Waals surface area contributed by atoms with Gasteiger partial charge in [-0.15, -0.1) is 0 Å². The summed E-state index contributed by atoms with van der Waals surface area (Å²) >= 11 is 0. The third-order valence-corrected chi connectivity index (χ3v) is 15.9. The first kappa shape index (κ1) is 74.1. The van der Waals surface area contributed by atoms with Crippen molar-refractivity contribution in [2.75, 3.05) is 13.2 Å². The van der Waals surface area contributed by atoms with Gasteiger partial charge in [0.05, 0.1) is 25.4 Å². The summed E-state index contributed by atoms with van der Waals surface area (Å²) in [5.74, 6) is -0.0679. The van der Waals surface area contributed by atoms with Crippen molar-refractivity contribution in [3.63, 3.8) is 0 Å². The van der Waals surface area contributed by atoms with Gasteiger partial charge in [-0.2, -0.15) is 0 Å². The van der Waals surface area contributed by atoms with Gasteiger partial charge in [-0.25, -0.2) is 0 Å². The molecule has 0 heterocycles. The zero-order valence-corrected chi connectivity index (χ0v) is 51.3. The number of esters is 1. The van der Waals surface area contributed by atoms with Crippen LogP contribution in [0.4, 0.5) is 0 Å². The summed E-state index contributed by atoms with van der Waals surface area (Å²) < 4.78 is 5.49. The normalized spacial score (nSPS) is 12.7. The lowest BCUT2D eigenvalue weighted by molar-refractivity contribution is -0.143. The fourth-order valence-electron chi connectivity index (χ4n) is 10.6. The number of carbonyl (C=O) groups excluding carboxylic acids is 2. The zero-order valence-electron chi connectivity index (χ0n) is 51.3.